The number of aromatic nitrogens is 2. The Balaban J connectivity index is 2.09. The predicted octanol–water partition coefficient (Wildman–Crippen LogP) is 1.39. The Morgan fingerprint density at radius 1 is 1.53 bits per heavy atom. The van der Waals surface area contributed by atoms with E-state index in [0.717, 1.165) is 4.88 Å². The van der Waals surface area contributed by atoms with E-state index >= 15 is 0 Å². The van der Waals surface area contributed by atoms with Crippen LogP contribution in [0.25, 0.3) is 0 Å². The number of anilines is 1. The average molecular weight is 248 g/mol. The minimum Gasteiger partial charge on any atom is -0.382 e. The summed E-state index contributed by atoms with van der Waals surface area (Å²) in [6.45, 7) is 0.562. The number of carbonyl (C=O) groups excluding carboxylic acids is 1. The van der Waals surface area contributed by atoms with E-state index in [1.54, 1.807) is 23.3 Å². The molecule has 6 heteroatoms. The highest BCUT2D eigenvalue weighted by Crippen LogP contribution is 2.12. The zero-order chi connectivity index (χ0) is 12.3. The molecular formula is C11H12N4OS. The van der Waals surface area contributed by atoms with Gasteiger partial charge in [0.2, 0.25) is 0 Å². The maximum absolute atomic E-state index is 12.0. The monoisotopic (exact) mass is 248 g/mol. The summed E-state index contributed by atoms with van der Waals surface area (Å²) in [5, 5.41) is 1.98. The van der Waals surface area contributed by atoms with Crippen molar-refractivity contribution < 1.29 is 4.79 Å². The molecule has 0 aromatic carbocycles. The van der Waals surface area contributed by atoms with Crippen LogP contribution in [0.5, 0.6) is 0 Å². The molecule has 88 valence electrons. The highest BCUT2D eigenvalue weighted by molar-refractivity contribution is 7.09. The summed E-state index contributed by atoms with van der Waals surface area (Å²) in [5.41, 5.74) is 5.76. The molecule has 0 saturated heterocycles. The fourth-order valence-corrected chi connectivity index (χ4v) is 2.14. The maximum atomic E-state index is 12.0. The van der Waals surface area contributed by atoms with Gasteiger partial charge in [-0.2, -0.15) is 0 Å². The van der Waals surface area contributed by atoms with Crippen molar-refractivity contribution in [3.05, 3.63) is 40.5 Å². The highest BCUT2D eigenvalue weighted by Gasteiger charge is 2.14. The van der Waals surface area contributed by atoms with E-state index in [9.17, 15) is 4.79 Å². The van der Waals surface area contributed by atoms with Crippen molar-refractivity contribution in [2.45, 2.75) is 6.54 Å². The van der Waals surface area contributed by atoms with Crippen molar-refractivity contribution in [2.75, 3.05) is 12.8 Å². The number of hydrogen-bond acceptors (Lipinski definition) is 5. The molecule has 0 spiro atoms. The standard InChI is InChI=1S/C11H12N4OS/c1-15(7-8-3-2-4-17-8)11(16)9-5-13-6-10(12)14-9/h2-6H,7H2,1H3,(H2,12,14). The number of rotatable bonds is 3. The number of nitrogens with two attached hydrogens (primary N) is 1. The number of carbonyl (C=O) groups is 1. The van der Waals surface area contributed by atoms with Gasteiger partial charge in [-0.15, -0.1) is 11.3 Å². The van der Waals surface area contributed by atoms with Crippen molar-refractivity contribution in [1.29, 1.82) is 0 Å². The fourth-order valence-electron chi connectivity index (χ4n) is 1.39. The molecule has 2 aromatic heterocycles. The zero-order valence-corrected chi connectivity index (χ0v) is 10.1. The number of thiophene rings is 1. The van der Waals surface area contributed by atoms with Crippen molar-refractivity contribution in [3.8, 4) is 0 Å². The van der Waals surface area contributed by atoms with Gasteiger partial charge in [0.25, 0.3) is 5.91 Å². The number of hydrogen-bond donors (Lipinski definition) is 1. The lowest BCUT2D eigenvalue weighted by molar-refractivity contribution is 0.0780. The van der Waals surface area contributed by atoms with Gasteiger partial charge in [-0.1, -0.05) is 6.07 Å². The van der Waals surface area contributed by atoms with Crippen LogP contribution < -0.4 is 5.73 Å². The van der Waals surface area contributed by atoms with Crippen LogP contribution in [0, 0.1) is 0 Å². The Labute approximate surface area is 103 Å². The molecule has 5 nitrogen and oxygen atoms in total. The summed E-state index contributed by atoms with van der Waals surface area (Å²) in [6.07, 6.45) is 2.83. The molecule has 0 fully saturated rings. The molecule has 17 heavy (non-hydrogen) atoms. The molecule has 0 aliphatic carbocycles. The average Bonchev–Trinajstić information content (AvgIpc) is 2.80. The molecule has 0 bridgehead atoms. The van der Waals surface area contributed by atoms with Crippen molar-refractivity contribution in [3.63, 3.8) is 0 Å². The first-order valence-corrected chi connectivity index (χ1v) is 5.90. The van der Waals surface area contributed by atoms with Gasteiger partial charge in [-0.3, -0.25) is 9.78 Å². The molecule has 2 aromatic rings. The van der Waals surface area contributed by atoms with Crippen LogP contribution in [0.3, 0.4) is 0 Å². The third kappa shape index (κ3) is 2.79. The SMILES string of the molecule is CN(Cc1cccs1)C(=O)c1cncc(N)n1. The smallest absolute Gasteiger partial charge is 0.274 e. The van der Waals surface area contributed by atoms with Crippen molar-refractivity contribution in [2.24, 2.45) is 0 Å². The second kappa shape index (κ2) is 4.92. The van der Waals surface area contributed by atoms with Gasteiger partial charge in [0.15, 0.2) is 0 Å². The maximum Gasteiger partial charge on any atom is 0.274 e. The molecule has 0 aliphatic rings. The molecule has 1 amide bonds. The Hall–Kier alpha value is -1.95. The normalized spacial score (nSPS) is 10.2. The number of amides is 1. The van der Waals surface area contributed by atoms with Crippen molar-refractivity contribution >= 4 is 23.1 Å². The van der Waals surface area contributed by atoms with Gasteiger partial charge in [-0.05, 0) is 11.4 Å². The van der Waals surface area contributed by atoms with Crippen LogP contribution in [-0.4, -0.2) is 27.8 Å². The van der Waals surface area contributed by atoms with Crippen LogP contribution in [-0.2, 0) is 6.54 Å². The first-order chi connectivity index (χ1) is 8.16. The Morgan fingerprint density at radius 2 is 2.35 bits per heavy atom. The second-order valence-corrected chi connectivity index (χ2v) is 4.60. The minimum atomic E-state index is -0.182. The lowest BCUT2D eigenvalue weighted by Crippen LogP contribution is -2.27. The molecule has 2 N–H and O–H groups in total. The molecule has 0 saturated carbocycles. The number of nitrogen functional groups attached to an aromatic ring is 1. The Morgan fingerprint density at radius 3 is 3.00 bits per heavy atom. The van der Waals surface area contributed by atoms with Gasteiger partial charge in [0.1, 0.15) is 11.5 Å². The third-order valence-electron chi connectivity index (χ3n) is 2.19. The summed E-state index contributed by atoms with van der Waals surface area (Å²) in [5.74, 6) is 0.0681. The molecular weight excluding hydrogens is 236 g/mol. The first-order valence-electron chi connectivity index (χ1n) is 5.02. The van der Waals surface area contributed by atoms with Gasteiger partial charge in [-0.25, -0.2) is 4.98 Å². The molecule has 0 atom stereocenters. The van der Waals surface area contributed by atoms with Crippen LogP contribution in [0.15, 0.2) is 29.9 Å². The lowest BCUT2D eigenvalue weighted by atomic mass is 10.3. The van der Waals surface area contributed by atoms with Crippen LogP contribution in [0.2, 0.25) is 0 Å². The molecule has 0 radical (unpaired) electrons. The first kappa shape index (κ1) is 11.5. The van der Waals surface area contributed by atoms with Gasteiger partial charge in [0, 0.05) is 11.9 Å². The van der Waals surface area contributed by atoms with Crippen LogP contribution >= 0.6 is 11.3 Å². The zero-order valence-electron chi connectivity index (χ0n) is 9.33. The van der Waals surface area contributed by atoms with E-state index in [-0.39, 0.29) is 17.4 Å². The summed E-state index contributed by atoms with van der Waals surface area (Å²) in [4.78, 5) is 22.5. The molecule has 2 rings (SSSR count). The van der Waals surface area contributed by atoms with Crippen LogP contribution in [0.4, 0.5) is 5.82 Å². The lowest BCUT2D eigenvalue weighted by Gasteiger charge is -2.15. The van der Waals surface area contributed by atoms with Gasteiger partial charge < -0.3 is 10.6 Å². The molecule has 0 unspecified atom stereocenters. The van der Waals surface area contributed by atoms with E-state index in [1.807, 2.05) is 17.5 Å². The van der Waals surface area contributed by atoms with Gasteiger partial charge in [0.05, 0.1) is 18.9 Å². The largest absolute Gasteiger partial charge is 0.382 e. The molecule has 0 aliphatic heterocycles. The van der Waals surface area contributed by atoms with E-state index < -0.39 is 0 Å². The predicted molar refractivity (Wildman–Crippen MR) is 66.6 cm³/mol. The van der Waals surface area contributed by atoms with E-state index in [4.69, 9.17) is 5.73 Å². The Bertz CT molecular complexity index is 512. The third-order valence-corrected chi connectivity index (χ3v) is 3.05. The van der Waals surface area contributed by atoms with E-state index in [0.29, 0.717) is 6.54 Å². The summed E-state index contributed by atoms with van der Waals surface area (Å²) in [7, 11) is 1.73. The molecule has 2 heterocycles. The highest BCUT2D eigenvalue weighted by atomic mass is 32.1. The topological polar surface area (TPSA) is 72.1 Å². The quantitative estimate of drug-likeness (QED) is 0.891. The minimum absolute atomic E-state index is 0.182. The van der Waals surface area contributed by atoms with Crippen LogP contribution in [0.1, 0.15) is 15.4 Å². The van der Waals surface area contributed by atoms with E-state index in [1.165, 1.54) is 12.4 Å². The van der Waals surface area contributed by atoms with Gasteiger partial charge >= 0.3 is 0 Å². The summed E-state index contributed by atoms with van der Waals surface area (Å²) < 4.78 is 0. The Kier molecular flexibility index (Phi) is 3.34. The second-order valence-electron chi connectivity index (χ2n) is 3.57. The van der Waals surface area contributed by atoms with Crippen molar-refractivity contribution in [1.82, 2.24) is 14.9 Å². The van der Waals surface area contributed by atoms with E-state index in [2.05, 4.69) is 9.97 Å². The summed E-state index contributed by atoms with van der Waals surface area (Å²) in [6, 6.07) is 3.94. The number of nitrogens with zero attached hydrogens (tertiary/aromatic N) is 3. The fraction of sp³-hybridized carbons (Fsp3) is 0.182. The summed E-state index contributed by atoms with van der Waals surface area (Å²) >= 11 is 1.61.